The average Bonchev–Trinajstić information content (AvgIpc) is 3.38. The molecule has 0 bridgehead atoms. The molecule has 2 aromatic carbocycles. The Morgan fingerprint density at radius 1 is 0.951 bits per heavy atom. The summed E-state index contributed by atoms with van der Waals surface area (Å²) < 4.78 is 30.4. The number of ether oxygens (including phenoxy) is 1. The molecule has 11 nitrogen and oxygen atoms in total. The first-order valence-electron chi connectivity index (χ1n) is 13.2. The lowest BCUT2D eigenvalue weighted by atomic mass is 9.99. The number of benzene rings is 2. The van der Waals surface area contributed by atoms with E-state index in [9.17, 15) is 22.8 Å². The first-order valence-corrected chi connectivity index (χ1v) is 15.1. The molecule has 2 heterocycles. The zero-order chi connectivity index (χ0) is 29.0. The second kappa shape index (κ2) is 13.4. The number of nitrogens with two attached hydrogens (primary N) is 1. The molecule has 2 aliphatic rings. The van der Waals surface area contributed by atoms with E-state index in [4.69, 9.17) is 15.9 Å². The maximum atomic E-state index is 13.6. The number of carbonyl (C=O) groups excluding carboxylic acids is 3. The van der Waals surface area contributed by atoms with E-state index in [2.05, 4.69) is 4.90 Å². The van der Waals surface area contributed by atoms with Gasteiger partial charge in [0, 0.05) is 56.3 Å². The van der Waals surface area contributed by atoms with Gasteiger partial charge in [-0.25, -0.2) is 13.2 Å². The number of hydrogen-bond acceptors (Lipinski definition) is 8. The highest BCUT2D eigenvalue weighted by Gasteiger charge is 2.42. The number of amides is 1. The van der Waals surface area contributed by atoms with Crippen LogP contribution in [0.25, 0.3) is 0 Å². The lowest BCUT2D eigenvalue weighted by molar-refractivity contribution is -0.122. The molecule has 12 heteroatoms. The lowest BCUT2D eigenvalue weighted by Crippen LogP contribution is -2.52. The summed E-state index contributed by atoms with van der Waals surface area (Å²) in [5, 5.41) is 7.59. The quantitative estimate of drug-likeness (QED) is 0.256. The van der Waals surface area contributed by atoms with Gasteiger partial charge in [-0.2, -0.15) is 4.31 Å². The van der Waals surface area contributed by atoms with Gasteiger partial charge in [-0.05, 0) is 43.2 Å². The molecule has 4 rings (SSSR count). The van der Waals surface area contributed by atoms with Crippen LogP contribution in [0.15, 0.2) is 48.5 Å². The summed E-state index contributed by atoms with van der Waals surface area (Å²) in [5.41, 5.74) is 7.56. The van der Waals surface area contributed by atoms with Crippen LogP contribution in [-0.4, -0.2) is 104 Å². The van der Waals surface area contributed by atoms with Crippen LogP contribution in [0.1, 0.15) is 52.6 Å². The number of likely N-dealkylation sites (tertiary alicyclic amines) is 1. The maximum Gasteiger partial charge on any atom is 0.338 e. The molecule has 2 aromatic rings. The zero-order valence-electron chi connectivity index (χ0n) is 22.7. The molecule has 2 saturated heterocycles. The minimum atomic E-state index is -3.28. The van der Waals surface area contributed by atoms with Crippen LogP contribution in [0.4, 0.5) is 0 Å². The normalized spacial score (nSPS) is 19.8. The molecule has 0 radical (unpaired) electrons. The van der Waals surface area contributed by atoms with Gasteiger partial charge >= 0.3 is 5.97 Å². The van der Waals surface area contributed by atoms with Crippen molar-refractivity contribution in [2.24, 2.45) is 5.73 Å². The van der Waals surface area contributed by atoms with Crippen molar-refractivity contribution in [1.82, 2.24) is 14.1 Å². The fraction of sp³-hybridized carbons (Fsp3) is 0.448. The number of nitrogen functional groups attached to an aromatic ring is 1. The van der Waals surface area contributed by atoms with Gasteiger partial charge in [0.05, 0.1) is 24.5 Å². The summed E-state index contributed by atoms with van der Waals surface area (Å²) in [4.78, 5) is 42.9. The molecule has 0 aromatic heterocycles. The minimum absolute atomic E-state index is 0. The van der Waals surface area contributed by atoms with E-state index < -0.39 is 22.0 Å². The number of esters is 1. The molecule has 2 aliphatic heterocycles. The summed E-state index contributed by atoms with van der Waals surface area (Å²) in [6, 6.07) is 12.3. The second-order valence-corrected chi connectivity index (χ2v) is 12.1. The van der Waals surface area contributed by atoms with Crippen LogP contribution in [0.5, 0.6) is 0 Å². The topological polar surface area (TPSA) is 154 Å². The third-order valence-corrected chi connectivity index (χ3v) is 8.76. The molecule has 0 spiro atoms. The van der Waals surface area contributed by atoms with Crippen LogP contribution in [0.2, 0.25) is 0 Å². The first kappa shape index (κ1) is 31.9. The van der Waals surface area contributed by atoms with Gasteiger partial charge in [0.25, 0.3) is 5.91 Å². The van der Waals surface area contributed by atoms with Gasteiger partial charge in [-0.1, -0.05) is 31.7 Å². The predicted octanol–water partition coefficient (Wildman–Crippen LogP) is 1.76. The number of rotatable bonds is 9. The molecule has 0 aliphatic carbocycles. The third kappa shape index (κ3) is 7.57. The van der Waals surface area contributed by atoms with E-state index in [-0.39, 0.29) is 44.0 Å². The number of nitrogens with zero attached hydrogens (tertiary/aromatic N) is 3. The Morgan fingerprint density at radius 2 is 1.51 bits per heavy atom. The molecular formula is C29H39N5O6S. The molecule has 3 N–H and O–H groups in total. The van der Waals surface area contributed by atoms with Crippen molar-refractivity contribution in [2.45, 2.75) is 39.3 Å². The molecule has 0 unspecified atom stereocenters. The van der Waals surface area contributed by atoms with E-state index in [0.29, 0.717) is 55.8 Å². The summed E-state index contributed by atoms with van der Waals surface area (Å²) in [6.07, 6.45) is 1.73. The highest BCUT2D eigenvalue weighted by molar-refractivity contribution is 7.88. The van der Waals surface area contributed by atoms with Crippen LogP contribution < -0.4 is 5.73 Å². The Labute approximate surface area is 241 Å². The number of nitrogens with one attached hydrogen (secondary N) is 1. The maximum absolute atomic E-state index is 13.6. The third-order valence-electron chi connectivity index (χ3n) is 7.46. The Morgan fingerprint density at radius 3 is 2.05 bits per heavy atom. The summed E-state index contributed by atoms with van der Waals surface area (Å²) in [7, 11) is -3.28. The number of piperazine rings is 1. The van der Waals surface area contributed by atoms with Crippen LogP contribution in [0.3, 0.4) is 0 Å². The molecule has 41 heavy (non-hydrogen) atoms. The van der Waals surface area contributed by atoms with Crippen LogP contribution >= 0.6 is 0 Å². The van der Waals surface area contributed by atoms with E-state index in [1.165, 1.54) is 10.6 Å². The van der Waals surface area contributed by atoms with E-state index in [1.54, 1.807) is 60.4 Å². The number of amidine groups is 1. The van der Waals surface area contributed by atoms with Crippen molar-refractivity contribution in [2.75, 3.05) is 45.6 Å². The standard InChI is InChI=1S/C28H35N5O6S.CH4/c1-3-39-28(36)22-6-4-19(5-7-22)16-25(34)24-17-23(31-12-14-32(15-13-31)40(2,37)38)18-33(24)27(35)21-10-8-20(9-11-21)26(29)30;/h4-11,23-24H,3,12-18H2,1-2H3,(H3,29,30);1H4/t23-,24-;/m0./s1. The zero-order valence-corrected chi connectivity index (χ0v) is 23.5. The lowest BCUT2D eigenvalue weighted by Gasteiger charge is -2.36. The molecular weight excluding hydrogens is 546 g/mol. The molecule has 1 amide bonds. The Balaban J connectivity index is 0.00000462. The van der Waals surface area contributed by atoms with E-state index in [0.717, 1.165) is 5.56 Å². The summed E-state index contributed by atoms with van der Waals surface area (Å²) in [5.74, 6) is -0.934. The highest BCUT2D eigenvalue weighted by atomic mass is 32.2. The Kier molecular flexibility index (Phi) is 10.4. The van der Waals surface area contributed by atoms with Gasteiger partial charge in [-0.3, -0.25) is 19.9 Å². The average molecular weight is 586 g/mol. The number of sulfonamides is 1. The van der Waals surface area contributed by atoms with Gasteiger partial charge < -0.3 is 15.4 Å². The van der Waals surface area contributed by atoms with Crippen molar-refractivity contribution in [1.29, 1.82) is 5.41 Å². The largest absolute Gasteiger partial charge is 0.462 e. The van der Waals surface area contributed by atoms with Crippen molar-refractivity contribution in [3.05, 3.63) is 70.8 Å². The number of Topliss-reactive ketones (excluding diaryl/α,β-unsaturated/α-hetero) is 1. The van der Waals surface area contributed by atoms with Crippen molar-refractivity contribution < 1.29 is 27.5 Å². The fourth-order valence-corrected chi connectivity index (χ4v) is 6.09. The number of hydrogen-bond donors (Lipinski definition) is 2. The molecule has 2 atom stereocenters. The van der Waals surface area contributed by atoms with Crippen LogP contribution in [0, 0.1) is 5.41 Å². The number of carbonyl (C=O) groups is 3. The Bertz CT molecular complexity index is 1370. The molecule has 222 valence electrons. The van der Waals surface area contributed by atoms with E-state index >= 15 is 0 Å². The Hall–Kier alpha value is -3.61. The van der Waals surface area contributed by atoms with Gasteiger partial charge in [0.2, 0.25) is 10.0 Å². The van der Waals surface area contributed by atoms with Crippen molar-refractivity contribution in [3.63, 3.8) is 0 Å². The van der Waals surface area contributed by atoms with Gasteiger partial charge in [0.15, 0.2) is 5.78 Å². The highest BCUT2D eigenvalue weighted by Crippen LogP contribution is 2.27. The number of ketones is 1. The van der Waals surface area contributed by atoms with Gasteiger partial charge in [0.1, 0.15) is 5.84 Å². The minimum Gasteiger partial charge on any atom is -0.462 e. The van der Waals surface area contributed by atoms with E-state index in [1.807, 2.05) is 0 Å². The monoisotopic (exact) mass is 585 g/mol. The SMILES string of the molecule is C.CCOC(=O)c1ccc(CC(=O)[C@@H]2C[C@H](N3CCN(S(C)(=O)=O)CC3)CN2C(=O)c2ccc(C(=N)N)cc2)cc1. The molecule has 0 saturated carbocycles. The van der Waals surface area contributed by atoms with Crippen molar-refractivity contribution >= 4 is 33.5 Å². The fourth-order valence-electron chi connectivity index (χ4n) is 5.26. The smallest absolute Gasteiger partial charge is 0.338 e. The van der Waals surface area contributed by atoms with Crippen molar-refractivity contribution in [3.8, 4) is 0 Å². The second-order valence-electron chi connectivity index (χ2n) is 10.1. The summed E-state index contributed by atoms with van der Waals surface area (Å²) in [6.45, 7) is 4.10. The predicted molar refractivity (Wildman–Crippen MR) is 157 cm³/mol. The van der Waals surface area contributed by atoms with Crippen LogP contribution in [-0.2, 0) is 26.0 Å². The summed E-state index contributed by atoms with van der Waals surface area (Å²) >= 11 is 0. The molecule has 2 fully saturated rings. The first-order chi connectivity index (χ1) is 19.0. The van der Waals surface area contributed by atoms with Gasteiger partial charge in [-0.15, -0.1) is 0 Å².